The second-order valence-electron chi connectivity index (χ2n) is 5.73. The molecule has 1 saturated carbocycles. The van der Waals surface area contributed by atoms with Crippen molar-refractivity contribution < 1.29 is 0 Å². The van der Waals surface area contributed by atoms with Crippen LogP contribution in [0.15, 0.2) is 0 Å². The van der Waals surface area contributed by atoms with Crippen LogP contribution in [-0.2, 0) is 0 Å². The van der Waals surface area contributed by atoms with Crippen molar-refractivity contribution in [2.24, 2.45) is 0 Å². The summed E-state index contributed by atoms with van der Waals surface area (Å²) in [4.78, 5) is 2.73. The van der Waals surface area contributed by atoms with Gasteiger partial charge in [-0.25, -0.2) is 0 Å². The van der Waals surface area contributed by atoms with E-state index < -0.39 is 0 Å². The molecule has 0 saturated heterocycles. The summed E-state index contributed by atoms with van der Waals surface area (Å²) < 4.78 is 0. The van der Waals surface area contributed by atoms with Crippen molar-refractivity contribution in [3.8, 4) is 0 Å². The summed E-state index contributed by atoms with van der Waals surface area (Å²) in [5.41, 5.74) is 0. The van der Waals surface area contributed by atoms with E-state index in [1.807, 2.05) is 0 Å². The standard InChI is InChI=1S/C16H34N2/c1-4-15(17-5-2)11-10-14-18(6-3)16-12-8-7-9-13-16/h15-17H,4-14H2,1-3H3. The molecule has 0 bridgehead atoms. The average Bonchev–Trinajstić information content (AvgIpc) is 2.43. The Balaban J connectivity index is 2.21. The molecule has 18 heavy (non-hydrogen) atoms. The third-order valence-electron chi connectivity index (χ3n) is 4.48. The van der Waals surface area contributed by atoms with Crippen molar-refractivity contribution in [2.75, 3.05) is 19.6 Å². The fourth-order valence-corrected chi connectivity index (χ4v) is 3.33. The molecule has 2 nitrogen and oxygen atoms in total. The van der Waals surface area contributed by atoms with E-state index in [1.165, 1.54) is 64.5 Å². The Hall–Kier alpha value is -0.0800. The van der Waals surface area contributed by atoms with Crippen LogP contribution in [0.4, 0.5) is 0 Å². The maximum atomic E-state index is 3.59. The minimum atomic E-state index is 0.736. The second-order valence-corrected chi connectivity index (χ2v) is 5.73. The Kier molecular flexibility index (Phi) is 8.70. The largest absolute Gasteiger partial charge is 0.314 e. The van der Waals surface area contributed by atoms with Crippen LogP contribution >= 0.6 is 0 Å². The van der Waals surface area contributed by atoms with E-state index in [4.69, 9.17) is 0 Å². The summed E-state index contributed by atoms with van der Waals surface area (Å²) in [6.45, 7) is 10.5. The fraction of sp³-hybridized carbons (Fsp3) is 1.00. The second kappa shape index (κ2) is 9.80. The highest BCUT2D eigenvalue weighted by Crippen LogP contribution is 2.22. The van der Waals surface area contributed by atoms with E-state index in [2.05, 4.69) is 31.0 Å². The van der Waals surface area contributed by atoms with Gasteiger partial charge in [-0.3, -0.25) is 0 Å². The molecule has 0 aromatic rings. The molecule has 0 aromatic heterocycles. The lowest BCUT2D eigenvalue weighted by molar-refractivity contribution is 0.159. The highest BCUT2D eigenvalue weighted by Gasteiger charge is 2.19. The van der Waals surface area contributed by atoms with Gasteiger partial charge in [0, 0.05) is 12.1 Å². The Labute approximate surface area is 115 Å². The summed E-state index contributed by atoms with van der Waals surface area (Å²) >= 11 is 0. The van der Waals surface area contributed by atoms with E-state index in [9.17, 15) is 0 Å². The van der Waals surface area contributed by atoms with Crippen LogP contribution in [0.3, 0.4) is 0 Å². The summed E-state index contributed by atoms with van der Waals surface area (Å²) in [6, 6.07) is 1.63. The van der Waals surface area contributed by atoms with Gasteiger partial charge in [-0.15, -0.1) is 0 Å². The molecule has 1 aliphatic carbocycles. The first-order valence-electron chi connectivity index (χ1n) is 8.29. The normalized spacial score (nSPS) is 19.3. The Morgan fingerprint density at radius 1 is 1.11 bits per heavy atom. The van der Waals surface area contributed by atoms with Gasteiger partial charge in [-0.2, -0.15) is 0 Å². The molecule has 1 aliphatic rings. The van der Waals surface area contributed by atoms with E-state index in [-0.39, 0.29) is 0 Å². The number of hydrogen-bond donors (Lipinski definition) is 1. The van der Waals surface area contributed by atoms with Crippen molar-refractivity contribution in [3.63, 3.8) is 0 Å². The van der Waals surface area contributed by atoms with Gasteiger partial charge in [-0.1, -0.05) is 40.0 Å². The molecular formula is C16H34N2. The van der Waals surface area contributed by atoms with Crippen molar-refractivity contribution in [1.82, 2.24) is 10.2 Å². The third-order valence-corrected chi connectivity index (χ3v) is 4.48. The molecule has 0 spiro atoms. The monoisotopic (exact) mass is 254 g/mol. The predicted octanol–water partition coefficient (Wildman–Crippen LogP) is 3.81. The maximum absolute atomic E-state index is 3.59. The summed E-state index contributed by atoms with van der Waals surface area (Å²) in [5.74, 6) is 0. The number of nitrogens with one attached hydrogen (secondary N) is 1. The molecule has 0 heterocycles. The first-order valence-corrected chi connectivity index (χ1v) is 8.29. The minimum Gasteiger partial charge on any atom is -0.314 e. The van der Waals surface area contributed by atoms with Gasteiger partial charge in [0.25, 0.3) is 0 Å². The molecule has 1 rings (SSSR count). The van der Waals surface area contributed by atoms with Crippen molar-refractivity contribution in [3.05, 3.63) is 0 Å². The van der Waals surface area contributed by atoms with E-state index in [0.717, 1.165) is 18.6 Å². The Morgan fingerprint density at radius 3 is 2.39 bits per heavy atom. The Bertz CT molecular complexity index is 188. The summed E-state index contributed by atoms with van der Waals surface area (Å²) in [6.07, 6.45) is 11.2. The average molecular weight is 254 g/mol. The van der Waals surface area contributed by atoms with Gasteiger partial charge in [0.2, 0.25) is 0 Å². The Morgan fingerprint density at radius 2 is 1.83 bits per heavy atom. The molecule has 1 unspecified atom stereocenters. The van der Waals surface area contributed by atoms with Crippen LogP contribution in [0.1, 0.15) is 72.1 Å². The predicted molar refractivity (Wildman–Crippen MR) is 81.1 cm³/mol. The molecule has 0 aliphatic heterocycles. The molecule has 1 atom stereocenters. The highest BCUT2D eigenvalue weighted by atomic mass is 15.1. The maximum Gasteiger partial charge on any atom is 0.00951 e. The molecule has 1 N–H and O–H groups in total. The first-order chi connectivity index (χ1) is 8.81. The van der Waals surface area contributed by atoms with Gasteiger partial charge in [-0.05, 0) is 51.7 Å². The van der Waals surface area contributed by atoms with Crippen molar-refractivity contribution >= 4 is 0 Å². The van der Waals surface area contributed by atoms with E-state index in [1.54, 1.807) is 0 Å². The molecule has 0 aromatic carbocycles. The zero-order chi connectivity index (χ0) is 13.2. The van der Waals surface area contributed by atoms with Gasteiger partial charge in [0.15, 0.2) is 0 Å². The topological polar surface area (TPSA) is 15.3 Å². The molecule has 0 amide bonds. The zero-order valence-corrected chi connectivity index (χ0v) is 12.9. The van der Waals surface area contributed by atoms with Crippen LogP contribution in [0, 0.1) is 0 Å². The summed E-state index contributed by atoms with van der Waals surface area (Å²) in [7, 11) is 0. The van der Waals surface area contributed by atoms with E-state index in [0.29, 0.717) is 0 Å². The van der Waals surface area contributed by atoms with Gasteiger partial charge < -0.3 is 10.2 Å². The lowest BCUT2D eigenvalue weighted by atomic mass is 9.94. The molecule has 1 fully saturated rings. The smallest absolute Gasteiger partial charge is 0.00951 e. The first kappa shape index (κ1) is 16.0. The summed E-state index contributed by atoms with van der Waals surface area (Å²) in [5, 5.41) is 3.59. The zero-order valence-electron chi connectivity index (χ0n) is 12.9. The van der Waals surface area contributed by atoms with Crippen LogP contribution in [0.25, 0.3) is 0 Å². The van der Waals surface area contributed by atoms with Crippen LogP contribution in [0.5, 0.6) is 0 Å². The lowest BCUT2D eigenvalue weighted by Crippen LogP contribution is -2.38. The lowest BCUT2D eigenvalue weighted by Gasteiger charge is -2.33. The molecular weight excluding hydrogens is 220 g/mol. The SMILES string of the molecule is CCNC(CC)CCCN(CC)C1CCCCC1. The molecule has 0 radical (unpaired) electrons. The van der Waals surface area contributed by atoms with Gasteiger partial charge in [0.1, 0.15) is 0 Å². The number of nitrogens with zero attached hydrogens (tertiary/aromatic N) is 1. The van der Waals surface area contributed by atoms with Crippen molar-refractivity contribution in [1.29, 1.82) is 0 Å². The molecule has 108 valence electrons. The fourth-order valence-electron chi connectivity index (χ4n) is 3.33. The van der Waals surface area contributed by atoms with E-state index >= 15 is 0 Å². The quantitative estimate of drug-likeness (QED) is 0.673. The van der Waals surface area contributed by atoms with Gasteiger partial charge >= 0.3 is 0 Å². The highest BCUT2D eigenvalue weighted by molar-refractivity contribution is 4.75. The van der Waals surface area contributed by atoms with Crippen LogP contribution in [-0.4, -0.2) is 36.6 Å². The molecule has 2 heteroatoms. The minimum absolute atomic E-state index is 0.736. The van der Waals surface area contributed by atoms with Gasteiger partial charge in [0.05, 0.1) is 0 Å². The third kappa shape index (κ3) is 5.71. The van der Waals surface area contributed by atoms with Crippen LogP contribution in [0.2, 0.25) is 0 Å². The number of hydrogen-bond acceptors (Lipinski definition) is 2. The number of rotatable bonds is 9. The van der Waals surface area contributed by atoms with Crippen molar-refractivity contribution in [2.45, 2.75) is 84.2 Å². The van der Waals surface area contributed by atoms with Crippen LogP contribution < -0.4 is 5.32 Å².